The SMILES string of the molecule is CCN(CC12CC3CCC(CC(C3)C1)C2)C(=O)c1cccc(Cl)c1. The van der Waals surface area contributed by atoms with E-state index in [1.807, 2.05) is 18.2 Å². The number of carbonyl (C=O) groups excluding carboxylic acids is 1. The van der Waals surface area contributed by atoms with Crippen LogP contribution in [0.2, 0.25) is 5.02 Å². The number of rotatable bonds is 4. The lowest BCUT2D eigenvalue weighted by Crippen LogP contribution is -2.47. The van der Waals surface area contributed by atoms with Gasteiger partial charge in [0, 0.05) is 23.7 Å². The van der Waals surface area contributed by atoms with Crippen LogP contribution in [0.1, 0.15) is 62.2 Å². The van der Waals surface area contributed by atoms with E-state index >= 15 is 0 Å². The number of halogens is 1. The number of fused-ring (bicyclic) bond motifs is 1. The van der Waals surface area contributed by atoms with Crippen LogP contribution >= 0.6 is 11.6 Å². The number of amides is 1. The Balaban J connectivity index is 1.55. The molecule has 1 amide bonds. The highest BCUT2D eigenvalue weighted by Crippen LogP contribution is 2.57. The highest BCUT2D eigenvalue weighted by molar-refractivity contribution is 6.30. The van der Waals surface area contributed by atoms with E-state index in [2.05, 4.69) is 11.8 Å². The molecule has 4 bridgehead atoms. The smallest absolute Gasteiger partial charge is 0.253 e. The fourth-order valence-electron chi connectivity index (χ4n) is 6.10. The zero-order chi connectivity index (χ0) is 16.7. The third-order valence-electron chi connectivity index (χ3n) is 6.75. The van der Waals surface area contributed by atoms with Gasteiger partial charge in [-0.1, -0.05) is 30.5 Å². The van der Waals surface area contributed by atoms with Crippen molar-refractivity contribution in [2.24, 2.45) is 23.2 Å². The molecular weight excluding hydrogens is 318 g/mol. The molecule has 2 unspecified atom stereocenters. The highest BCUT2D eigenvalue weighted by atomic mass is 35.5. The number of carbonyl (C=O) groups is 1. The minimum atomic E-state index is 0.148. The van der Waals surface area contributed by atoms with Crippen molar-refractivity contribution in [3.63, 3.8) is 0 Å². The van der Waals surface area contributed by atoms with Gasteiger partial charge < -0.3 is 4.90 Å². The minimum absolute atomic E-state index is 0.148. The first-order valence-electron chi connectivity index (χ1n) is 9.62. The van der Waals surface area contributed by atoms with Crippen molar-refractivity contribution < 1.29 is 4.79 Å². The van der Waals surface area contributed by atoms with E-state index in [4.69, 9.17) is 11.6 Å². The molecule has 0 aromatic heterocycles. The van der Waals surface area contributed by atoms with Crippen molar-refractivity contribution in [3.8, 4) is 0 Å². The molecule has 1 aromatic carbocycles. The van der Waals surface area contributed by atoms with E-state index < -0.39 is 0 Å². The average molecular weight is 346 g/mol. The van der Waals surface area contributed by atoms with Crippen molar-refractivity contribution >= 4 is 17.5 Å². The molecule has 5 rings (SSSR count). The van der Waals surface area contributed by atoms with Crippen LogP contribution in [0.25, 0.3) is 0 Å². The van der Waals surface area contributed by atoms with Gasteiger partial charge in [0.2, 0.25) is 0 Å². The van der Waals surface area contributed by atoms with Crippen LogP contribution in [0.4, 0.5) is 0 Å². The third kappa shape index (κ3) is 3.10. The average Bonchev–Trinajstić information content (AvgIpc) is 2.77. The Morgan fingerprint density at radius 2 is 1.83 bits per heavy atom. The summed E-state index contributed by atoms with van der Waals surface area (Å²) in [4.78, 5) is 15.1. The van der Waals surface area contributed by atoms with Crippen LogP contribution in [0.15, 0.2) is 24.3 Å². The molecule has 0 aliphatic heterocycles. The fourth-order valence-corrected chi connectivity index (χ4v) is 6.29. The fraction of sp³-hybridized carbons (Fsp3) is 0.667. The Hall–Kier alpha value is -1.02. The van der Waals surface area contributed by atoms with Crippen molar-refractivity contribution in [3.05, 3.63) is 34.9 Å². The van der Waals surface area contributed by atoms with E-state index in [-0.39, 0.29) is 5.91 Å². The van der Waals surface area contributed by atoms with Gasteiger partial charge in [-0.3, -0.25) is 4.79 Å². The summed E-state index contributed by atoms with van der Waals surface area (Å²) in [6.45, 7) is 3.84. The van der Waals surface area contributed by atoms with Crippen molar-refractivity contribution in [1.29, 1.82) is 0 Å². The maximum atomic E-state index is 13.0. The van der Waals surface area contributed by atoms with Crippen LogP contribution in [0, 0.1) is 23.2 Å². The summed E-state index contributed by atoms with van der Waals surface area (Å²) in [6, 6.07) is 7.40. The Morgan fingerprint density at radius 1 is 1.17 bits per heavy atom. The molecule has 1 aromatic rings. The van der Waals surface area contributed by atoms with E-state index in [0.717, 1.165) is 36.4 Å². The molecule has 0 saturated heterocycles. The van der Waals surface area contributed by atoms with E-state index in [1.165, 1.54) is 44.9 Å². The first-order valence-corrected chi connectivity index (χ1v) is 9.99. The third-order valence-corrected chi connectivity index (χ3v) is 6.98. The molecule has 0 heterocycles. The van der Waals surface area contributed by atoms with Crippen LogP contribution in [0.3, 0.4) is 0 Å². The van der Waals surface area contributed by atoms with Crippen LogP contribution in [0.5, 0.6) is 0 Å². The molecule has 2 atom stereocenters. The minimum Gasteiger partial charge on any atom is -0.338 e. The van der Waals surface area contributed by atoms with Crippen molar-refractivity contribution in [1.82, 2.24) is 4.90 Å². The quantitative estimate of drug-likeness (QED) is 0.714. The second-order valence-electron chi connectivity index (χ2n) is 8.59. The van der Waals surface area contributed by atoms with E-state index in [9.17, 15) is 4.79 Å². The standard InChI is InChI=1S/C21H28ClNO/c1-2-23(20(24)18-4-3-5-19(22)10-18)14-21-11-15-6-7-16(12-21)9-17(8-15)13-21/h3-5,10,15-17H,2,6-9,11-14H2,1H3. The predicted molar refractivity (Wildman–Crippen MR) is 98.3 cm³/mol. The molecule has 3 heteroatoms. The molecule has 4 saturated carbocycles. The number of hydrogen-bond donors (Lipinski definition) is 0. The number of nitrogens with zero attached hydrogens (tertiary/aromatic N) is 1. The van der Waals surface area contributed by atoms with Gasteiger partial charge in [-0.2, -0.15) is 0 Å². The van der Waals surface area contributed by atoms with Gasteiger partial charge in [-0.05, 0) is 80.4 Å². The molecule has 0 spiro atoms. The van der Waals surface area contributed by atoms with Crippen molar-refractivity contribution in [2.75, 3.05) is 13.1 Å². The van der Waals surface area contributed by atoms with Crippen LogP contribution in [-0.2, 0) is 0 Å². The summed E-state index contributed by atoms with van der Waals surface area (Å²) in [7, 11) is 0. The van der Waals surface area contributed by atoms with Gasteiger partial charge in [0.05, 0.1) is 0 Å². The van der Waals surface area contributed by atoms with Crippen LogP contribution < -0.4 is 0 Å². The summed E-state index contributed by atoms with van der Waals surface area (Å²) in [6.07, 6.45) is 9.80. The Labute approximate surface area is 150 Å². The first kappa shape index (κ1) is 16.4. The summed E-state index contributed by atoms with van der Waals surface area (Å²) in [5.41, 5.74) is 1.11. The van der Waals surface area contributed by atoms with E-state index in [1.54, 1.807) is 6.07 Å². The normalized spacial score (nSPS) is 34.2. The molecule has 4 aliphatic carbocycles. The van der Waals surface area contributed by atoms with Gasteiger partial charge in [-0.15, -0.1) is 0 Å². The molecule has 4 aliphatic rings. The molecule has 0 radical (unpaired) electrons. The second kappa shape index (κ2) is 6.37. The lowest BCUT2D eigenvalue weighted by atomic mass is 9.58. The predicted octanol–water partition coefficient (Wildman–Crippen LogP) is 5.41. The maximum absolute atomic E-state index is 13.0. The molecule has 4 fully saturated rings. The summed E-state index contributed by atoms with van der Waals surface area (Å²) in [5, 5.41) is 0.642. The Kier molecular flexibility index (Phi) is 4.36. The van der Waals surface area contributed by atoms with Crippen molar-refractivity contribution in [2.45, 2.75) is 51.9 Å². The van der Waals surface area contributed by atoms with Gasteiger partial charge >= 0.3 is 0 Å². The summed E-state index contributed by atoms with van der Waals surface area (Å²) >= 11 is 6.09. The topological polar surface area (TPSA) is 20.3 Å². The number of hydrogen-bond acceptors (Lipinski definition) is 1. The zero-order valence-electron chi connectivity index (χ0n) is 14.6. The second-order valence-corrected chi connectivity index (χ2v) is 9.03. The van der Waals surface area contributed by atoms with Gasteiger partial charge in [0.15, 0.2) is 0 Å². The molecular formula is C21H28ClNO. The van der Waals surface area contributed by atoms with Gasteiger partial charge in [-0.25, -0.2) is 0 Å². The lowest BCUT2D eigenvalue weighted by Gasteiger charge is -2.50. The maximum Gasteiger partial charge on any atom is 0.253 e. The van der Waals surface area contributed by atoms with Gasteiger partial charge in [0.1, 0.15) is 0 Å². The lowest BCUT2D eigenvalue weighted by molar-refractivity contribution is 0.00573. The van der Waals surface area contributed by atoms with E-state index in [0.29, 0.717) is 10.4 Å². The molecule has 2 nitrogen and oxygen atoms in total. The summed E-state index contributed by atoms with van der Waals surface area (Å²) < 4.78 is 0. The Morgan fingerprint density at radius 3 is 2.46 bits per heavy atom. The Bertz CT molecular complexity index is 612. The highest BCUT2D eigenvalue weighted by Gasteiger charge is 2.49. The summed E-state index contributed by atoms with van der Waals surface area (Å²) in [5.74, 6) is 2.90. The molecule has 130 valence electrons. The molecule has 0 N–H and O–H groups in total. The number of benzene rings is 1. The van der Waals surface area contributed by atoms with Gasteiger partial charge in [0.25, 0.3) is 5.91 Å². The molecule has 24 heavy (non-hydrogen) atoms. The monoisotopic (exact) mass is 345 g/mol. The first-order chi connectivity index (χ1) is 11.6. The zero-order valence-corrected chi connectivity index (χ0v) is 15.4. The largest absolute Gasteiger partial charge is 0.338 e. The van der Waals surface area contributed by atoms with Crippen LogP contribution in [-0.4, -0.2) is 23.9 Å².